The molecule has 6 heteroatoms. The Balaban J connectivity index is 2.08. The topological polar surface area (TPSA) is 63.4 Å². The molecule has 0 aliphatic carbocycles. The highest BCUT2D eigenvalue weighted by Gasteiger charge is 2.32. The van der Waals surface area contributed by atoms with Crippen LogP contribution < -0.4 is 5.73 Å². The molecule has 0 radical (unpaired) electrons. The van der Waals surface area contributed by atoms with E-state index in [9.17, 15) is 14.0 Å². The molecule has 2 rings (SSSR count). The second-order valence-corrected chi connectivity index (χ2v) is 5.18. The van der Waals surface area contributed by atoms with Crippen LogP contribution in [0.3, 0.4) is 0 Å². The summed E-state index contributed by atoms with van der Waals surface area (Å²) in [6.45, 7) is 0.699. The Bertz CT molecular complexity index is 507. The van der Waals surface area contributed by atoms with Gasteiger partial charge < -0.3 is 10.6 Å². The second-order valence-electron chi connectivity index (χ2n) is 4.33. The number of carbonyl (C=O) groups excluding carboxylic acids is 2. The van der Waals surface area contributed by atoms with Crippen molar-refractivity contribution in [2.75, 3.05) is 6.54 Å². The monoisotopic (exact) mass is 314 g/mol. The predicted octanol–water partition coefficient (Wildman–Crippen LogP) is 1.42. The molecule has 0 saturated carbocycles. The summed E-state index contributed by atoms with van der Waals surface area (Å²) >= 11 is 3.09. The number of benzene rings is 1. The van der Waals surface area contributed by atoms with Crippen LogP contribution in [0.5, 0.6) is 0 Å². The van der Waals surface area contributed by atoms with Crippen molar-refractivity contribution in [1.82, 2.24) is 4.90 Å². The third-order valence-electron chi connectivity index (χ3n) is 2.97. The van der Waals surface area contributed by atoms with Crippen molar-refractivity contribution in [3.63, 3.8) is 0 Å². The molecular weight excluding hydrogens is 303 g/mol. The van der Waals surface area contributed by atoms with Gasteiger partial charge in [-0.3, -0.25) is 9.59 Å². The zero-order chi connectivity index (χ0) is 13.3. The third-order valence-corrected chi connectivity index (χ3v) is 3.58. The van der Waals surface area contributed by atoms with E-state index in [-0.39, 0.29) is 18.1 Å². The summed E-state index contributed by atoms with van der Waals surface area (Å²) < 4.78 is 13.4. The summed E-state index contributed by atoms with van der Waals surface area (Å²) in [7, 11) is 0. The Morgan fingerprint density at radius 1 is 1.56 bits per heavy atom. The molecule has 1 aliphatic rings. The zero-order valence-corrected chi connectivity index (χ0v) is 11.1. The molecule has 1 aliphatic heterocycles. The minimum absolute atomic E-state index is 0.0979. The first-order chi connectivity index (χ1) is 8.47. The first-order valence-corrected chi connectivity index (χ1v) is 6.27. The molecule has 1 saturated heterocycles. The molecule has 1 heterocycles. The Kier molecular flexibility index (Phi) is 3.65. The third kappa shape index (κ3) is 2.69. The molecule has 96 valence electrons. The molecule has 0 spiro atoms. The van der Waals surface area contributed by atoms with Crippen molar-refractivity contribution >= 4 is 27.7 Å². The lowest BCUT2D eigenvalue weighted by atomic mass is 10.1. The van der Waals surface area contributed by atoms with Gasteiger partial charge in [-0.1, -0.05) is 6.07 Å². The molecule has 0 aromatic heterocycles. The molecule has 1 unspecified atom stereocenters. The van der Waals surface area contributed by atoms with Gasteiger partial charge >= 0.3 is 0 Å². The van der Waals surface area contributed by atoms with Crippen molar-refractivity contribution in [1.29, 1.82) is 0 Å². The summed E-state index contributed by atoms with van der Waals surface area (Å²) in [5.74, 6) is -1.31. The molecule has 1 atom stereocenters. The van der Waals surface area contributed by atoms with E-state index >= 15 is 0 Å². The molecular formula is C12H12BrFN2O2. The van der Waals surface area contributed by atoms with E-state index in [0.717, 1.165) is 5.56 Å². The number of hydrogen-bond donors (Lipinski definition) is 1. The highest BCUT2D eigenvalue weighted by Crippen LogP contribution is 2.22. The number of likely N-dealkylation sites (tertiary alicyclic amines) is 1. The number of carbonyl (C=O) groups is 2. The largest absolute Gasteiger partial charge is 0.369 e. The van der Waals surface area contributed by atoms with E-state index in [2.05, 4.69) is 15.9 Å². The minimum Gasteiger partial charge on any atom is -0.369 e. The molecule has 0 bridgehead atoms. The summed E-state index contributed by atoms with van der Waals surface area (Å²) in [4.78, 5) is 24.3. The first kappa shape index (κ1) is 13.0. The fourth-order valence-corrected chi connectivity index (χ4v) is 2.40. The molecule has 18 heavy (non-hydrogen) atoms. The smallest absolute Gasteiger partial charge is 0.223 e. The number of hydrogen-bond acceptors (Lipinski definition) is 2. The van der Waals surface area contributed by atoms with E-state index in [4.69, 9.17) is 5.73 Å². The summed E-state index contributed by atoms with van der Waals surface area (Å²) in [5, 5.41) is 0. The van der Waals surface area contributed by atoms with Crippen LogP contribution in [0.4, 0.5) is 4.39 Å². The SMILES string of the molecule is NC(=O)C1CC(=O)N(Cc2ccc(F)c(Br)c2)C1. The number of halogens is 2. The van der Waals surface area contributed by atoms with Gasteiger partial charge in [-0.05, 0) is 33.6 Å². The van der Waals surface area contributed by atoms with Crippen LogP contribution in [-0.2, 0) is 16.1 Å². The van der Waals surface area contributed by atoms with Gasteiger partial charge in [0.05, 0.1) is 10.4 Å². The number of nitrogens with zero attached hydrogens (tertiary/aromatic N) is 1. The number of nitrogens with two attached hydrogens (primary N) is 1. The molecule has 1 fully saturated rings. The zero-order valence-electron chi connectivity index (χ0n) is 9.53. The lowest BCUT2D eigenvalue weighted by molar-refractivity contribution is -0.128. The molecule has 2 N–H and O–H groups in total. The normalized spacial score (nSPS) is 19.3. The predicted molar refractivity (Wildman–Crippen MR) is 66.8 cm³/mol. The van der Waals surface area contributed by atoms with Crippen molar-refractivity contribution in [3.8, 4) is 0 Å². The van der Waals surface area contributed by atoms with E-state index in [1.54, 1.807) is 17.0 Å². The first-order valence-electron chi connectivity index (χ1n) is 5.48. The number of amides is 2. The van der Waals surface area contributed by atoms with Gasteiger partial charge in [0.2, 0.25) is 11.8 Å². The van der Waals surface area contributed by atoms with E-state index in [0.29, 0.717) is 17.6 Å². The Labute approximate surface area is 112 Å². The van der Waals surface area contributed by atoms with Crippen LogP contribution in [0, 0.1) is 11.7 Å². The van der Waals surface area contributed by atoms with Crippen LogP contribution in [0.1, 0.15) is 12.0 Å². The van der Waals surface area contributed by atoms with E-state index in [1.807, 2.05) is 0 Å². The van der Waals surface area contributed by atoms with Crippen molar-refractivity contribution < 1.29 is 14.0 Å². The number of primary amides is 1. The van der Waals surface area contributed by atoms with Crippen LogP contribution in [-0.4, -0.2) is 23.3 Å². The Hall–Kier alpha value is -1.43. The molecule has 1 aromatic rings. The molecule has 4 nitrogen and oxygen atoms in total. The van der Waals surface area contributed by atoms with Gasteiger partial charge in [0.1, 0.15) is 5.82 Å². The van der Waals surface area contributed by atoms with Gasteiger partial charge in [0.15, 0.2) is 0 Å². The van der Waals surface area contributed by atoms with Gasteiger partial charge in [-0.25, -0.2) is 4.39 Å². The van der Waals surface area contributed by atoms with Crippen LogP contribution in [0.2, 0.25) is 0 Å². The van der Waals surface area contributed by atoms with Gasteiger partial charge in [0, 0.05) is 19.5 Å². The highest BCUT2D eigenvalue weighted by atomic mass is 79.9. The van der Waals surface area contributed by atoms with Gasteiger partial charge in [0.25, 0.3) is 0 Å². The fraction of sp³-hybridized carbons (Fsp3) is 0.333. The summed E-state index contributed by atoms with van der Waals surface area (Å²) in [6.07, 6.45) is 0.164. The van der Waals surface area contributed by atoms with Gasteiger partial charge in [-0.15, -0.1) is 0 Å². The van der Waals surface area contributed by atoms with Crippen LogP contribution in [0.25, 0.3) is 0 Å². The van der Waals surface area contributed by atoms with Crippen molar-refractivity contribution in [3.05, 3.63) is 34.1 Å². The molecule has 1 aromatic carbocycles. The maximum atomic E-state index is 13.1. The van der Waals surface area contributed by atoms with Crippen LogP contribution >= 0.6 is 15.9 Å². The second kappa shape index (κ2) is 5.06. The quantitative estimate of drug-likeness (QED) is 0.917. The molecule has 2 amide bonds. The van der Waals surface area contributed by atoms with Gasteiger partial charge in [-0.2, -0.15) is 0 Å². The van der Waals surface area contributed by atoms with Crippen LogP contribution in [0.15, 0.2) is 22.7 Å². The Morgan fingerprint density at radius 2 is 2.28 bits per heavy atom. The minimum atomic E-state index is -0.453. The van der Waals surface area contributed by atoms with E-state index < -0.39 is 11.8 Å². The maximum Gasteiger partial charge on any atom is 0.223 e. The van der Waals surface area contributed by atoms with Crippen molar-refractivity contribution in [2.45, 2.75) is 13.0 Å². The standard InChI is InChI=1S/C12H12BrFN2O2/c13-9-3-7(1-2-10(9)14)5-16-6-8(12(15)18)4-11(16)17/h1-3,8H,4-6H2,(H2,15,18). The number of rotatable bonds is 3. The fourth-order valence-electron chi connectivity index (χ4n) is 1.97. The van der Waals surface area contributed by atoms with E-state index in [1.165, 1.54) is 6.07 Å². The average molecular weight is 315 g/mol. The Morgan fingerprint density at radius 3 is 2.83 bits per heavy atom. The lowest BCUT2D eigenvalue weighted by Crippen LogP contribution is -2.28. The summed E-state index contributed by atoms with van der Waals surface area (Å²) in [5.41, 5.74) is 5.99. The maximum absolute atomic E-state index is 13.1. The lowest BCUT2D eigenvalue weighted by Gasteiger charge is -2.16. The highest BCUT2D eigenvalue weighted by molar-refractivity contribution is 9.10. The summed E-state index contributed by atoms with van der Waals surface area (Å²) in [6, 6.07) is 4.58. The average Bonchev–Trinajstić information content (AvgIpc) is 2.66. The van der Waals surface area contributed by atoms with Crippen molar-refractivity contribution in [2.24, 2.45) is 11.7 Å².